The molecular formula is C32H40N2O2. The van der Waals surface area contributed by atoms with E-state index < -0.39 is 0 Å². The van der Waals surface area contributed by atoms with Gasteiger partial charge in [-0.1, -0.05) is 60.7 Å². The Morgan fingerprint density at radius 1 is 0.917 bits per heavy atom. The minimum atomic E-state index is -0.169. The number of benzene rings is 3. The van der Waals surface area contributed by atoms with Gasteiger partial charge < -0.3 is 20.1 Å². The van der Waals surface area contributed by atoms with Crippen LogP contribution < -0.4 is 10.5 Å². The van der Waals surface area contributed by atoms with Gasteiger partial charge in [-0.05, 0) is 74.8 Å². The summed E-state index contributed by atoms with van der Waals surface area (Å²) in [5.41, 5.74) is 14.4. The van der Waals surface area contributed by atoms with Crippen molar-refractivity contribution in [2.45, 2.75) is 71.2 Å². The summed E-state index contributed by atoms with van der Waals surface area (Å²) in [6, 6.07) is 21.2. The van der Waals surface area contributed by atoms with Crippen molar-refractivity contribution < 1.29 is 9.47 Å². The van der Waals surface area contributed by atoms with Gasteiger partial charge in [0.2, 0.25) is 0 Å². The van der Waals surface area contributed by atoms with Crippen molar-refractivity contribution in [3.8, 4) is 5.75 Å². The zero-order valence-corrected chi connectivity index (χ0v) is 22.2. The summed E-state index contributed by atoms with van der Waals surface area (Å²) in [5.74, 6) is 1.07. The van der Waals surface area contributed by atoms with Crippen molar-refractivity contribution in [2.24, 2.45) is 0 Å². The Kier molecular flexibility index (Phi) is 7.09. The van der Waals surface area contributed by atoms with Crippen LogP contribution in [-0.4, -0.2) is 36.2 Å². The number of hydrogen-bond acceptors (Lipinski definition) is 4. The van der Waals surface area contributed by atoms with Crippen LogP contribution in [0.1, 0.15) is 65.7 Å². The number of fused-ring (bicyclic) bond motifs is 1. The lowest BCUT2D eigenvalue weighted by atomic mass is 9.90. The highest BCUT2D eigenvalue weighted by atomic mass is 16.5. The molecule has 5 rings (SSSR count). The van der Waals surface area contributed by atoms with Gasteiger partial charge >= 0.3 is 0 Å². The number of hydrogen-bond donors (Lipinski definition) is 1. The Morgan fingerprint density at radius 2 is 1.50 bits per heavy atom. The number of likely N-dealkylation sites (tertiary alicyclic amines) is 1. The average Bonchev–Trinajstić information content (AvgIpc) is 3.28. The van der Waals surface area contributed by atoms with E-state index in [1.165, 1.54) is 27.8 Å². The van der Waals surface area contributed by atoms with Crippen LogP contribution in [0.3, 0.4) is 0 Å². The van der Waals surface area contributed by atoms with Crippen molar-refractivity contribution in [1.82, 2.24) is 4.90 Å². The molecule has 0 amide bonds. The van der Waals surface area contributed by atoms with Crippen molar-refractivity contribution in [3.63, 3.8) is 0 Å². The Morgan fingerprint density at radius 3 is 2.08 bits per heavy atom. The summed E-state index contributed by atoms with van der Waals surface area (Å²) in [7, 11) is 0. The maximum absolute atomic E-state index is 6.74. The third-order valence-electron chi connectivity index (χ3n) is 8.36. The summed E-state index contributed by atoms with van der Waals surface area (Å²) >= 11 is 0. The van der Waals surface area contributed by atoms with Gasteiger partial charge in [0.15, 0.2) is 0 Å². The maximum atomic E-state index is 6.74. The van der Waals surface area contributed by atoms with Crippen molar-refractivity contribution in [1.29, 1.82) is 0 Å². The lowest BCUT2D eigenvalue weighted by Gasteiger charge is -2.35. The van der Waals surface area contributed by atoms with E-state index in [0.717, 1.165) is 62.3 Å². The highest BCUT2D eigenvalue weighted by Gasteiger charge is 2.38. The van der Waals surface area contributed by atoms with E-state index >= 15 is 0 Å². The molecule has 3 aromatic rings. The molecule has 1 saturated heterocycles. The first kappa shape index (κ1) is 24.9. The van der Waals surface area contributed by atoms with E-state index in [9.17, 15) is 0 Å². The summed E-state index contributed by atoms with van der Waals surface area (Å²) in [6.07, 6.45) is 4.32. The Balaban J connectivity index is 1.17. The number of ether oxygens (including phenoxy) is 2. The molecule has 1 atom stereocenters. The number of rotatable bonds is 7. The molecule has 2 heterocycles. The van der Waals surface area contributed by atoms with Crippen molar-refractivity contribution >= 4 is 5.69 Å². The average molecular weight is 485 g/mol. The first-order valence-corrected chi connectivity index (χ1v) is 13.4. The molecule has 36 heavy (non-hydrogen) atoms. The van der Waals surface area contributed by atoms with Crippen molar-refractivity contribution in [3.05, 3.63) is 94.0 Å². The molecule has 0 spiro atoms. The van der Waals surface area contributed by atoms with Gasteiger partial charge in [-0.25, -0.2) is 0 Å². The van der Waals surface area contributed by atoms with Crippen LogP contribution in [0.25, 0.3) is 0 Å². The minimum absolute atomic E-state index is 0.0179. The molecule has 0 bridgehead atoms. The predicted octanol–water partition coefficient (Wildman–Crippen LogP) is 6.55. The molecule has 4 heteroatoms. The van der Waals surface area contributed by atoms with Crippen LogP contribution in [0.2, 0.25) is 0 Å². The molecule has 2 aliphatic heterocycles. The minimum Gasteiger partial charge on any atom is -0.487 e. The van der Waals surface area contributed by atoms with Crippen LogP contribution in [0.5, 0.6) is 5.75 Å². The molecule has 190 valence electrons. The highest BCUT2D eigenvalue weighted by molar-refractivity contribution is 5.66. The normalized spacial score (nSPS) is 20.5. The summed E-state index contributed by atoms with van der Waals surface area (Å²) in [4.78, 5) is 2.58. The second kappa shape index (κ2) is 10.3. The zero-order chi connectivity index (χ0) is 25.3. The molecule has 0 radical (unpaired) electrons. The summed E-state index contributed by atoms with van der Waals surface area (Å²) in [5, 5.41) is 0. The topological polar surface area (TPSA) is 47.7 Å². The lowest BCUT2D eigenvalue weighted by Crippen LogP contribution is -2.41. The van der Waals surface area contributed by atoms with E-state index in [1.54, 1.807) is 0 Å². The van der Waals surface area contributed by atoms with Crippen LogP contribution in [0, 0.1) is 20.8 Å². The van der Waals surface area contributed by atoms with Crippen molar-refractivity contribution in [2.75, 3.05) is 25.4 Å². The fourth-order valence-electron chi connectivity index (χ4n) is 5.82. The molecule has 4 nitrogen and oxygen atoms in total. The number of anilines is 1. The second-order valence-electron chi connectivity index (χ2n) is 11.0. The molecule has 0 saturated carbocycles. The summed E-state index contributed by atoms with van der Waals surface area (Å²) in [6.45, 7) is 11.8. The smallest absolute Gasteiger partial charge is 0.127 e. The molecular weight excluding hydrogens is 444 g/mol. The second-order valence-corrected chi connectivity index (χ2v) is 11.0. The monoisotopic (exact) mass is 484 g/mol. The largest absolute Gasteiger partial charge is 0.487 e. The third kappa shape index (κ3) is 5.02. The highest BCUT2D eigenvalue weighted by Crippen LogP contribution is 2.44. The fourth-order valence-corrected chi connectivity index (χ4v) is 5.82. The van der Waals surface area contributed by atoms with E-state index in [-0.39, 0.29) is 17.8 Å². The van der Waals surface area contributed by atoms with E-state index in [4.69, 9.17) is 15.2 Å². The van der Waals surface area contributed by atoms with Crippen LogP contribution >= 0.6 is 0 Å². The Labute approximate surface area is 216 Å². The molecule has 0 aliphatic carbocycles. The first-order chi connectivity index (χ1) is 17.3. The van der Waals surface area contributed by atoms with Crippen LogP contribution in [0.15, 0.2) is 60.7 Å². The van der Waals surface area contributed by atoms with Gasteiger partial charge in [0.05, 0.1) is 6.10 Å². The molecule has 2 aliphatic rings. The lowest BCUT2D eigenvalue weighted by molar-refractivity contribution is -0.0295. The van der Waals surface area contributed by atoms with E-state index in [1.807, 2.05) is 0 Å². The molecule has 1 fully saturated rings. The van der Waals surface area contributed by atoms with Gasteiger partial charge in [0, 0.05) is 37.3 Å². The molecule has 1 unspecified atom stereocenters. The van der Waals surface area contributed by atoms with E-state index in [2.05, 4.69) is 93.3 Å². The van der Waals surface area contributed by atoms with Gasteiger partial charge in [-0.15, -0.1) is 0 Å². The van der Waals surface area contributed by atoms with Gasteiger partial charge in [-0.2, -0.15) is 0 Å². The van der Waals surface area contributed by atoms with Gasteiger partial charge in [0.25, 0.3) is 0 Å². The van der Waals surface area contributed by atoms with Gasteiger partial charge in [0.1, 0.15) is 17.5 Å². The fraction of sp³-hybridized carbons (Fsp3) is 0.438. The molecule has 3 aromatic carbocycles. The third-order valence-corrected chi connectivity index (χ3v) is 8.36. The quantitative estimate of drug-likeness (QED) is 0.386. The number of piperidine rings is 1. The predicted molar refractivity (Wildman–Crippen MR) is 148 cm³/mol. The number of nitrogens with two attached hydrogens (primary N) is 1. The zero-order valence-electron chi connectivity index (χ0n) is 22.2. The Bertz CT molecular complexity index is 1110. The molecule has 2 N–H and O–H groups in total. The maximum Gasteiger partial charge on any atom is 0.127 e. The molecule has 0 aromatic heterocycles. The summed E-state index contributed by atoms with van der Waals surface area (Å²) < 4.78 is 13.3. The van der Waals surface area contributed by atoms with Crippen LogP contribution in [0.4, 0.5) is 5.69 Å². The standard InChI is InChI=1S/C32H40N2O2/c1-22-23(2)30-28(24(3)29(22)33)21-32(4,36-30)17-20-34-18-15-27(16-19-34)35-31(25-11-7-5-8-12-25)26-13-9-6-10-14-26/h5-14,27,31H,15-21,33H2,1-4H3. The van der Waals surface area contributed by atoms with Crippen LogP contribution in [-0.2, 0) is 11.2 Å². The number of nitrogens with zero attached hydrogens (tertiary/aromatic N) is 1. The first-order valence-electron chi connectivity index (χ1n) is 13.4. The number of nitrogen functional groups attached to an aromatic ring is 1. The Hall–Kier alpha value is -2.82. The SMILES string of the molecule is Cc1c(C)c2c(c(C)c1N)CC(C)(CCN1CCC(OC(c3ccccc3)c3ccccc3)CC1)O2. The van der Waals surface area contributed by atoms with Gasteiger partial charge in [-0.3, -0.25) is 0 Å². The van der Waals surface area contributed by atoms with E-state index in [0.29, 0.717) is 0 Å².